The third kappa shape index (κ3) is 3.94. The Labute approximate surface area is 173 Å². The Morgan fingerprint density at radius 2 is 2.00 bits per heavy atom. The molecule has 2 aliphatic rings. The molecule has 0 radical (unpaired) electrons. The van der Waals surface area contributed by atoms with Crippen LogP contribution in [0.25, 0.3) is 0 Å². The normalized spacial score (nSPS) is 21.8. The lowest BCUT2D eigenvalue weighted by molar-refractivity contribution is -0.123. The third-order valence-corrected chi connectivity index (χ3v) is 6.05. The Hall–Kier alpha value is -2.60. The van der Waals surface area contributed by atoms with Crippen LogP contribution in [0.5, 0.6) is 5.75 Å². The van der Waals surface area contributed by atoms with Gasteiger partial charge in [0.05, 0.1) is 6.61 Å². The van der Waals surface area contributed by atoms with Crippen LogP contribution in [0, 0.1) is 11.7 Å². The molecule has 2 aromatic rings. The van der Waals surface area contributed by atoms with Crippen LogP contribution in [0.2, 0.25) is 0 Å². The van der Waals surface area contributed by atoms with Gasteiger partial charge in [-0.05, 0) is 30.5 Å². The Balaban J connectivity index is 1.36. The average Bonchev–Trinajstić information content (AvgIpc) is 3.46. The van der Waals surface area contributed by atoms with Gasteiger partial charge in [0.2, 0.25) is 11.8 Å². The van der Waals surface area contributed by atoms with E-state index in [4.69, 9.17) is 16.3 Å². The molecule has 2 N–H and O–H groups in total. The lowest BCUT2D eigenvalue weighted by Gasteiger charge is -2.26. The number of nitrogens with one attached hydrogen (secondary N) is 2. The molecule has 1 heterocycles. The van der Waals surface area contributed by atoms with Gasteiger partial charge in [0.1, 0.15) is 17.4 Å². The van der Waals surface area contributed by atoms with E-state index >= 15 is 0 Å². The van der Waals surface area contributed by atoms with Crippen molar-refractivity contribution >= 4 is 23.4 Å². The van der Waals surface area contributed by atoms with E-state index < -0.39 is 5.82 Å². The molecular weight excluding hydrogens is 395 g/mol. The predicted octanol–water partition coefficient (Wildman–Crippen LogP) is 3.04. The summed E-state index contributed by atoms with van der Waals surface area (Å²) in [4.78, 5) is 23.9. The zero-order chi connectivity index (χ0) is 20.4. The van der Waals surface area contributed by atoms with Gasteiger partial charge in [0.15, 0.2) is 0 Å². The minimum atomic E-state index is -0.412. The summed E-state index contributed by atoms with van der Waals surface area (Å²) in [6.07, 6.45) is 1.61. The van der Waals surface area contributed by atoms with Crippen LogP contribution < -0.4 is 15.4 Å². The molecule has 0 saturated heterocycles. The minimum Gasteiger partial charge on any atom is -0.493 e. The van der Waals surface area contributed by atoms with E-state index in [1.54, 1.807) is 12.1 Å². The molecule has 152 valence electrons. The smallest absolute Gasteiger partial charge is 0.235 e. The van der Waals surface area contributed by atoms with E-state index in [1.807, 2.05) is 24.3 Å². The summed E-state index contributed by atoms with van der Waals surface area (Å²) >= 11 is 5.42. The maximum atomic E-state index is 14.4. The molecular formula is C22H22ClFN2O3. The lowest BCUT2D eigenvalue weighted by Crippen LogP contribution is -2.31. The lowest BCUT2D eigenvalue weighted by atomic mass is 9.87. The first kappa shape index (κ1) is 19.7. The number of amides is 2. The Morgan fingerprint density at radius 1 is 1.17 bits per heavy atom. The summed E-state index contributed by atoms with van der Waals surface area (Å²) in [6.45, 7) is 0.946. The average molecular weight is 417 g/mol. The molecule has 0 bridgehead atoms. The molecule has 5 nitrogen and oxygen atoms in total. The summed E-state index contributed by atoms with van der Waals surface area (Å²) < 4.78 is 20.1. The Morgan fingerprint density at radius 3 is 2.79 bits per heavy atom. The number of para-hydroxylation sites is 1. The van der Waals surface area contributed by atoms with Crippen molar-refractivity contribution in [2.45, 2.75) is 31.3 Å². The van der Waals surface area contributed by atoms with Crippen LogP contribution >= 0.6 is 11.6 Å². The highest BCUT2D eigenvalue weighted by molar-refractivity contribution is 6.27. The van der Waals surface area contributed by atoms with Gasteiger partial charge in [0.25, 0.3) is 0 Å². The summed E-state index contributed by atoms with van der Waals surface area (Å²) in [7, 11) is 0. The van der Waals surface area contributed by atoms with Gasteiger partial charge in [-0.3, -0.25) is 9.59 Å². The zero-order valence-electron chi connectivity index (χ0n) is 15.8. The first-order valence-corrected chi connectivity index (χ1v) is 10.2. The van der Waals surface area contributed by atoms with Gasteiger partial charge < -0.3 is 15.4 Å². The number of rotatable bonds is 6. The number of hydrogen-bond donors (Lipinski definition) is 2. The number of ether oxygens (including phenoxy) is 1. The molecule has 1 saturated carbocycles. The first-order chi connectivity index (χ1) is 14.0. The van der Waals surface area contributed by atoms with Crippen molar-refractivity contribution in [3.63, 3.8) is 0 Å². The topological polar surface area (TPSA) is 67.4 Å². The SMILES string of the molecule is O=C(CCl)NCc1ccc(CNC(=O)C2CC23CCOc2ccccc23)c(F)c1. The van der Waals surface area contributed by atoms with Crippen LogP contribution in [-0.4, -0.2) is 24.3 Å². The van der Waals surface area contributed by atoms with Crippen molar-refractivity contribution in [1.82, 2.24) is 10.6 Å². The van der Waals surface area contributed by atoms with Crippen LogP contribution in [0.15, 0.2) is 42.5 Å². The predicted molar refractivity (Wildman–Crippen MR) is 107 cm³/mol. The molecule has 1 aliphatic heterocycles. The van der Waals surface area contributed by atoms with Crippen molar-refractivity contribution < 1.29 is 18.7 Å². The van der Waals surface area contributed by atoms with Gasteiger partial charge in [-0.1, -0.05) is 30.3 Å². The van der Waals surface area contributed by atoms with Gasteiger partial charge in [0, 0.05) is 35.5 Å². The van der Waals surface area contributed by atoms with E-state index in [9.17, 15) is 14.0 Å². The van der Waals surface area contributed by atoms with Crippen molar-refractivity contribution in [1.29, 1.82) is 0 Å². The Bertz CT molecular complexity index is 951. The van der Waals surface area contributed by atoms with Crippen LogP contribution in [0.4, 0.5) is 4.39 Å². The first-order valence-electron chi connectivity index (χ1n) is 9.63. The number of benzene rings is 2. The standard InChI is InChI=1S/C22H22ClFN2O3/c23-11-20(27)25-12-14-5-6-15(18(24)9-14)13-26-21(28)17-10-22(17)7-8-29-19-4-2-1-3-16(19)22/h1-6,9,17H,7-8,10-13H2,(H,25,27)(H,26,28). The number of halogens is 2. The molecule has 2 aromatic carbocycles. The molecule has 1 aliphatic carbocycles. The van der Waals surface area contributed by atoms with Gasteiger partial charge in [-0.2, -0.15) is 0 Å². The molecule has 2 atom stereocenters. The van der Waals surface area contributed by atoms with E-state index in [0.717, 1.165) is 24.2 Å². The van der Waals surface area contributed by atoms with Crippen molar-refractivity contribution in [2.75, 3.05) is 12.5 Å². The maximum absolute atomic E-state index is 14.4. The van der Waals surface area contributed by atoms with Crippen LogP contribution in [0.3, 0.4) is 0 Å². The van der Waals surface area contributed by atoms with Crippen molar-refractivity contribution in [2.24, 2.45) is 5.92 Å². The van der Waals surface area contributed by atoms with Gasteiger partial charge in [-0.15, -0.1) is 11.6 Å². The van der Waals surface area contributed by atoms with Crippen LogP contribution in [-0.2, 0) is 28.1 Å². The highest BCUT2D eigenvalue weighted by atomic mass is 35.5. The number of hydrogen-bond acceptors (Lipinski definition) is 3. The summed E-state index contributed by atoms with van der Waals surface area (Å²) in [5, 5.41) is 5.47. The fourth-order valence-electron chi connectivity index (χ4n) is 4.10. The number of fused-ring (bicyclic) bond motifs is 2. The molecule has 29 heavy (non-hydrogen) atoms. The molecule has 2 amide bonds. The van der Waals surface area contributed by atoms with Gasteiger partial charge >= 0.3 is 0 Å². The highest BCUT2D eigenvalue weighted by Gasteiger charge is 2.60. The summed E-state index contributed by atoms with van der Waals surface area (Å²) in [5.41, 5.74) is 1.99. The molecule has 2 unspecified atom stereocenters. The number of carbonyl (C=O) groups is 2. The monoisotopic (exact) mass is 416 g/mol. The second-order valence-electron chi connectivity index (χ2n) is 7.56. The Kier molecular flexibility index (Phi) is 5.46. The summed E-state index contributed by atoms with van der Waals surface area (Å²) in [5.74, 6) is -0.162. The second kappa shape index (κ2) is 8.03. The second-order valence-corrected chi connectivity index (χ2v) is 7.83. The highest BCUT2D eigenvalue weighted by Crippen LogP contribution is 2.60. The number of carbonyl (C=O) groups excluding carboxylic acids is 2. The number of alkyl halides is 1. The van der Waals surface area contributed by atoms with E-state index in [0.29, 0.717) is 17.7 Å². The fourth-order valence-corrected chi connectivity index (χ4v) is 4.20. The molecule has 1 fully saturated rings. The maximum Gasteiger partial charge on any atom is 0.235 e. The van der Waals surface area contributed by atoms with E-state index in [-0.39, 0.29) is 42.1 Å². The molecule has 7 heteroatoms. The molecule has 1 spiro atoms. The van der Waals surface area contributed by atoms with Gasteiger partial charge in [-0.25, -0.2) is 4.39 Å². The summed E-state index contributed by atoms with van der Waals surface area (Å²) in [6, 6.07) is 12.6. The third-order valence-electron chi connectivity index (χ3n) is 5.80. The molecule has 4 rings (SSSR count). The minimum absolute atomic E-state index is 0.0560. The fraction of sp³-hybridized carbons (Fsp3) is 0.364. The van der Waals surface area contributed by atoms with Crippen molar-refractivity contribution in [3.05, 3.63) is 65.0 Å². The zero-order valence-corrected chi connectivity index (χ0v) is 16.6. The van der Waals surface area contributed by atoms with Crippen LogP contribution in [0.1, 0.15) is 29.5 Å². The molecule has 0 aromatic heterocycles. The van der Waals surface area contributed by atoms with E-state index in [1.165, 1.54) is 6.07 Å². The quantitative estimate of drug-likeness (QED) is 0.711. The van der Waals surface area contributed by atoms with Crippen molar-refractivity contribution in [3.8, 4) is 5.75 Å². The van der Waals surface area contributed by atoms with E-state index in [2.05, 4.69) is 10.6 Å². The largest absolute Gasteiger partial charge is 0.493 e.